The van der Waals surface area contributed by atoms with Crippen LogP contribution in [0.2, 0.25) is 0 Å². The highest BCUT2D eigenvalue weighted by Crippen LogP contribution is 2.28. The van der Waals surface area contributed by atoms with Crippen LogP contribution in [0.4, 0.5) is 4.39 Å². The number of fused-ring (bicyclic) bond motifs is 1. The largest absolute Gasteiger partial charge is 0.338 e. The maximum absolute atomic E-state index is 13.8. The van der Waals surface area contributed by atoms with Crippen LogP contribution in [-0.2, 0) is 5.75 Å². The summed E-state index contributed by atoms with van der Waals surface area (Å²) < 4.78 is 19.0. The third-order valence-electron chi connectivity index (χ3n) is 2.97. The molecule has 0 saturated heterocycles. The summed E-state index contributed by atoms with van der Waals surface area (Å²) in [6.07, 6.45) is 0. The number of aromatic nitrogens is 2. The first kappa shape index (κ1) is 13.6. The lowest BCUT2D eigenvalue weighted by molar-refractivity contribution is 0.392. The van der Waals surface area contributed by atoms with Gasteiger partial charge in [0.15, 0.2) is 0 Å². The highest BCUT2D eigenvalue weighted by molar-refractivity contribution is 7.98. The van der Waals surface area contributed by atoms with Gasteiger partial charge in [0.05, 0.1) is 17.6 Å². The summed E-state index contributed by atoms with van der Waals surface area (Å²) in [6.45, 7) is 0. The van der Waals surface area contributed by atoms with Gasteiger partial charge in [-0.2, -0.15) is 10.2 Å². The van der Waals surface area contributed by atoms with E-state index in [1.165, 1.54) is 17.8 Å². The van der Waals surface area contributed by atoms with Gasteiger partial charge in [0.1, 0.15) is 5.82 Å². The molecule has 0 aliphatic carbocycles. The van der Waals surface area contributed by atoms with Crippen molar-refractivity contribution in [2.45, 2.75) is 5.75 Å². The topological polar surface area (TPSA) is 62.7 Å². The molecule has 2 aromatic carbocycles. The van der Waals surface area contributed by atoms with Gasteiger partial charge in [-0.1, -0.05) is 29.4 Å². The highest BCUT2D eigenvalue weighted by atomic mass is 32.2. The van der Waals surface area contributed by atoms with Crippen molar-refractivity contribution in [2.75, 3.05) is 5.75 Å². The van der Waals surface area contributed by atoms with Crippen LogP contribution in [0.5, 0.6) is 0 Å². The number of hydrogen-bond acceptors (Lipinski definition) is 5. The van der Waals surface area contributed by atoms with Crippen molar-refractivity contribution >= 4 is 22.5 Å². The Kier molecular flexibility index (Phi) is 3.84. The fraction of sp³-hybridized carbons (Fsp3) is 0.133. The average Bonchev–Trinajstić information content (AvgIpc) is 2.97. The van der Waals surface area contributed by atoms with Crippen LogP contribution in [0.1, 0.15) is 5.89 Å². The Hall–Kier alpha value is -2.39. The predicted molar refractivity (Wildman–Crippen MR) is 79.0 cm³/mol. The molecule has 6 heteroatoms. The molecule has 1 aromatic heterocycles. The molecule has 0 aliphatic heterocycles. The van der Waals surface area contributed by atoms with Crippen molar-refractivity contribution in [3.63, 3.8) is 0 Å². The number of benzene rings is 2. The number of halogens is 1. The fourth-order valence-electron chi connectivity index (χ4n) is 2.06. The number of rotatable bonds is 4. The number of hydrogen-bond donors (Lipinski definition) is 0. The highest BCUT2D eigenvalue weighted by Gasteiger charge is 2.13. The first-order valence-electron chi connectivity index (χ1n) is 6.24. The van der Waals surface area contributed by atoms with Crippen LogP contribution in [0.25, 0.3) is 22.2 Å². The second-order valence-corrected chi connectivity index (χ2v) is 5.29. The summed E-state index contributed by atoms with van der Waals surface area (Å²) in [5, 5.41) is 13.7. The van der Waals surface area contributed by atoms with E-state index in [2.05, 4.69) is 10.1 Å². The van der Waals surface area contributed by atoms with Gasteiger partial charge in [0.25, 0.3) is 0 Å². The lowest BCUT2D eigenvalue weighted by Gasteiger charge is -2.03. The Labute approximate surface area is 124 Å². The van der Waals surface area contributed by atoms with Crippen molar-refractivity contribution in [3.05, 3.63) is 48.1 Å². The summed E-state index contributed by atoms with van der Waals surface area (Å²) in [4.78, 5) is 4.30. The minimum Gasteiger partial charge on any atom is -0.338 e. The summed E-state index contributed by atoms with van der Waals surface area (Å²) in [5.41, 5.74) is 0.729. The Bertz CT molecular complexity index is 825. The van der Waals surface area contributed by atoms with Crippen LogP contribution >= 0.6 is 11.8 Å². The van der Waals surface area contributed by atoms with Gasteiger partial charge < -0.3 is 4.52 Å². The maximum Gasteiger partial charge on any atom is 0.236 e. The zero-order valence-corrected chi connectivity index (χ0v) is 11.7. The molecule has 0 aliphatic rings. The Morgan fingerprint density at radius 2 is 2.00 bits per heavy atom. The van der Waals surface area contributed by atoms with Crippen molar-refractivity contribution in [1.82, 2.24) is 10.1 Å². The van der Waals surface area contributed by atoms with Crippen LogP contribution in [0.15, 0.2) is 40.9 Å². The SMILES string of the molecule is N#CCSCc1nc(-c2ccc(F)c3ccccc23)no1. The molecule has 0 N–H and O–H groups in total. The van der Waals surface area contributed by atoms with Crippen LogP contribution in [0.3, 0.4) is 0 Å². The van der Waals surface area contributed by atoms with Crippen molar-refractivity contribution in [2.24, 2.45) is 0 Å². The number of nitriles is 1. The summed E-state index contributed by atoms with van der Waals surface area (Å²) >= 11 is 1.40. The normalized spacial score (nSPS) is 10.7. The smallest absolute Gasteiger partial charge is 0.236 e. The van der Waals surface area contributed by atoms with Crippen LogP contribution < -0.4 is 0 Å². The summed E-state index contributed by atoms with van der Waals surface area (Å²) in [7, 11) is 0. The lowest BCUT2D eigenvalue weighted by Crippen LogP contribution is -1.87. The monoisotopic (exact) mass is 299 g/mol. The third kappa shape index (κ3) is 2.73. The molecule has 0 bridgehead atoms. The van der Waals surface area contributed by atoms with Gasteiger partial charge in [-0.3, -0.25) is 0 Å². The number of thioether (sulfide) groups is 1. The van der Waals surface area contributed by atoms with Gasteiger partial charge >= 0.3 is 0 Å². The fourth-order valence-corrected chi connectivity index (χ4v) is 2.55. The van der Waals surface area contributed by atoms with Crippen molar-refractivity contribution in [1.29, 1.82) is 5.26 Å². The molecule has 0 atom stereocenters. The minimum atomic E-state index is -0.275. The van der Waals surface area contributed by atoms with E-state index in [0.29, 0.717) is 28.6 Å². The summed E-state index contributed by atoms with van der Waals surface area (Å²) in [6, 6.07) is 12.3. The molecule has 0 spiro atoms. The molecule has 0 unspecified atom stereocenters. The Morgan fingerprint density at radius 3 is 2.81 bits per heavy atom. The molecular formula is C15H10FN3OS. The average molecular weight is 299 g/mol. The third-order valence-corrected chi connectivity index (χ3v) is 3.76. The first-order valence-corrected chi connectivity index (χ1v) is 7.40. The predicted octanol–water partition coefficient (Wildman–Crippen LogP) is 3.79. The molecule has 3 rings (SSSR count). The van der Waals surface area contributed by atoms with E-state index < -0.39 is 0 Å². The second-order valence-electron chi connectivity index (χ2n) is 4.30. The van der Waals surface area contributed by atoms with E-state index in [1.807, 2.05) is 18.2 Å². The van der Waals surface area contributed by atoms with E-state index in [4.69, 9.17) is 9.78 Å². The number of nitrogens with zero attached hydrogens (tertiary/aromatic N) is 3. The molecule has 4 nitrogen and oxygen atoms in total. The van der Waals surface area contributed by atoms with Crippen molar-refractivity contribution in [3.8, 4) is 17.5 Å². The Morgan fingerprint density at radius 1 is 1.19 bits per heavy atom. The quantitative estimate of drug-likeness (QED) is 0.686. The van der Waals surface area contributed by atoms with E-state index >= 15 is 0 Å². The van der Waals surface area contributed by atoms with Crippen LogP contribution in [-0.4, -0.2) is 15.9 Å². The van der Waals surface area contributed by atoms with Crippen molar-refractivity contribution < 1.29 is 8.91 Å². The molecule has 0 fully saturated rings. The minimum absolute atomic E-state index is 0.275. The zero-order chi connectivity index (χ0) is 14.7. The maximum atomic E-state index is 13.8. The van der Waals surface area contributed by atoms with Gasteiger partial charge in [0, 0.05) is 10.9 Å². The van der Waals surface area contributed by atoms with Gasteiger partial charge in [0.2, 0.25) is 11.7 Å². The standard InChI is InChI=1S/C15H10FN3OS/c16-13-6-5-12(10-3-1-2-4-11(10)13)15-18-14(20-19-15)9-21-8-7-17/h1-6H,8-9H2. The second kappa shape index (κ2) is 5.94. The molecule has 0 radical (unpaired) electrons. The lowest BCUT2D eigenvalue weighted by atomic mass is 10.0. The van der Waals surface area contributed by atoms with Crippen LogP contribution in [0, 0.1) is 17.1 Å². The van der Waals surface area contributed by atoms with Gasteiger partial charge in [-0.15, -0.1) is 11.8 Å². The molecular weight excluding hydrogens is 289 g/mol. The molecule has 1 heterocycles. The Balaban J connectivity index is 1.98. The summed E-state index contributed by atoms with van der Waals surface area (Å²) in [5.74, 6) is 1.47. The van der Waals surface area contributed by atoms with E-state index in [9.17, 15) is 4.39 Å². The molecule has 104 valence electrons. The first-order chi connectivity index (χ1) is 10.3. The van der Waals surface area contributed by atoms with E-state index in [0.717, 1.165) is 10.9 Å². The van der Waals surface area contributed by atoms with E-state index in [-0.39, 0.29) is 5.82 Å². The zero-order valence-electron chi connectivity index (χ0n) is 10.9. The van der Waals surface area contributed by atoms with Gasteiger partial charge in [-0.05, 0) is 17.5 Å². The molecule has 3 aromatic rings. The van der Waals surface area contributed by atoms with Gasteiger partial charge in [-0.25, -0.2) is 4.39 Å². The molecule has 0 amide bonds. The van der Waals surface area contributed by atoms with E-state index in [1.54, 1.807) is 18.2 Å². The molecule has 21 heavy (non-hydrogen) atoms. The molecule has 0 saturated carbocycles.